The first kappa shape index (κ1) is 18.7. The van der Waals surface area contributed by atoms with Crippen LogP contribution in [0.2, 0.25) is 0 Å². The van der Waals surface area contributed by atoms with E-state index in [4.69, 9.17) is 5.73 Å². The molecule has 20 heavy (non-hydrogen) atoms. The summed E-state index contributed by atoms with van der Waals surface area (Å²) in [6.45, 7) is 19.6. The lowest BCUT2D eigenvalue weighted by atomic mass is 10.0. The van der Waals surface area contributed by atoms with Gasteiger partial charge in [-0.2, -0.15) is 0 Å². The highest BCUT2D eigenvalue weighted by Gasteiger charge is 2.20. The second-order valence-corrected chi connectivity index (χ2v) is 5.84. The van der Waals surface area contributed by atoms with E-state index in [9.17, 15) is 0 Å². The maximum atomic E-state index is 5.90. The monoisotopic (exact) mass is 280 g/mol. The molecule has 0 spiro atoms. The zero-order valence-corrected chi connectivity index (χ0v) is 13.6. The van der Waals surface area contributed by atoms with E-state index in [1.807, 2.05) is 12.2 Å². The number of nitrogens with one attached hydrogen (secondary N) is 1. The fourth-order valence-corrected chi connectivity index (χ4v) is 2.01. The zero-order valence-electron chi connectivity index (χ0n) is 13.6. The van der Waals surface area contributed by atoms with Gasteiger partial charge in [0.2, 0.25) is 0 Å². The van der Waals surface area contributed by atoms with E-state index in [2.05, 4.69) is 56.1 Å². The topological polar surface area (TPSA) is 53.6 Å². The molecule has 0 radical (unpaired) electrons. The van der Waals surface area contributed by atoms with Crippen LogP contribution in [0.4, 0.5) is 0 Å². The van der Waals surface area contributed by atoms with E-state index in [0.29, 0.717) is 23.8 Å². The molecule has 0 rings (SSSR count). The van der Waals surface area contributed by atoms with Crippen LogP contribution in [0.3, 0.4) is 0 Å². The van der Waals surface area contributed by atoms with Crippen LogP contribution in [0.1, 0.15) is 27.7 Å². The lowest BCUT2D eigenvalue weighted by Crippen LogP contribution is -2.48. The van der Waals surface area contributed by atoms with Crippen molar-refractivity contribution < 1.29 is 0 Å². The minimum atomic E-state index is 0.374. The molecule has 0 aliphatic carbocycles. The second kappa shape index (κ2) is 10.5. The number of nitrogens with zero attached hydrogens (tertiary/aromatic N) is 2. The normalized spacial score (nSPS) is 13.8. The maximum absolute atomic E-state index is 5.90. The lowest BCUT2D eigenvalue weighted by Gasteiger charge is -2.33. The van der Waals surface area contributed by atoms with Crippen LogP contribution >= 0.6 is 0 Å². The Labute approximate surface area is 124 Å². The quantitative estimate of drug-likeness (QED) is 0.366. The highest BCUT2D eigenvalue weighted by atomic mass is 15.2. The van der Waals surface area contributed by atoms with Gasteiger partial charge in [-0.15, -0.1) is 13.2 Å². The highest BCUT2D eigenvalue weighted by molar-refractivity contribution is 5.77. The minimum absolute atomic E-state index is 0.374. The number of hydrogen-bond donors (Lipinski definition) is 2. The predicted molar refractivity (Wildman–Crippen MR) is 89.9 cm³/mol. The molecule has 4 heteroatoms. The number of aliphatic imine (C=N–C) groups is 1. The van der Waals surface area contributed by atoms with Gasteiger partial charge in [-0.3, -0.25) is 9.89 Å². The van der Waals surface area contributed by atoms with Crippen molar-refractivity contribution in [3.8, 4) is 0 Å². The summed E-state index contributed by atoms with van der Waals surface area (Å²) in [5.74, 6) is 1.57. The molecule has 0 aromatic carbocycles. The summed E-state index contributed by atoms with van der Waals surface area (Å²) >= 11 is 0. The molecular formula is C16H32N4. The Morgan fingerprint density at radius 3 is 2.15 bits per heavy atom. The van der Waals surface area contributed by atoms with Crippen LogP contribution in [0.15, 0.2) is 30.3 Å². The number of guanidine groups is 1. The van der Waals surface area contributed by atoms with Crippen LogP contribution in [0, 0.1) is 11.8 Å². The van der Waals surface area contributed by atoms with Crippen molar-refractivity contribution >= 4 is 5.96 Å². The maximum Gasteiger partial charge on any atom is 0.188 e. The van der Waals surface area contributed by atoms with Crippen LogP contribution in [-0.2, 0) is 0 Å². The molecule has 116 valence electrons. The molecule has 0 aliphatic heterocycles. The minimum Gasteiger partial charge on any atom is -0.370 e. The molecule has 4 nitrogen and oxygen atoms in total. The van der Waals surface area contributed by atoms with E-state index in [1.165, 1.54) is 0 Å². The zero-order chi connectivity index (χ0) is 15.5. The van der Waals surface area contributed by atoms with Crippen molar-refractivity contribution in [2.45, 2.75) is 33.7 Å². The van der Waals surface area contributed by atoms with Gasteiger partial charge in [0.05, 0.1) is 0 Å². The van der Waals surface area contributed by atoms with Crippen molar-refractivity contribution in [3.05, 3.63) is 25.3 Å². The third-order valence-electron chi connectivity index (χ3n) is 3.08. The standard InChI is InChI=1S/C16H32N4/c1-7-9-20(10-8-2)15(14(5)6)12-19-16(17)18-11-13(3)4/h7-8,13-15H,1-2,9-12H2,3-6H3,(H3,17,18,19). The fraction of sp³-hybridized carbons (Fsp3) is 0.688. The van der Waals surface area contributed by atoms with Crippen molar-refractivity contribution in [1.82, 2.24) is 10.2 Å². The molecule has 0 amide bonds. The van der Waals surface area contributed by atoms with Crippen molar-refractivity contribution in [2.24, 2.45) is 22.6 Å². The van der Waals surface area contributed by atoms with Crippen LogP contribution in [0.25, 0.3) is 0 Å². The number of nitrogens with two attached hydrogens (primary N) is 1. The molecule has 0 saturated heterocycles. The van der Waals surface area contributed by atoms with Gasteiger partial charge in [0.15, 0.2) is 5.96 Å². The summed E-state index contributed by atoms with van der Waals surface area (Å²) in [6, 6.07) is 0.374. The first-order valence-electron chi connectivity index (χ1n) is 7.41. The van der Waals surface area contributed by atoms with Crippen LogP contribution in [0.5, 0.6) is 0 Å². The third kappa shape index (κ3) is 8.00. The molecule has 3 N–H and O–H groups in total. The Balaban J connectivity index is 4.56. The third-order valence-corrected chi connectivity index (χ3v) is 3.08. The second-order valence-electron chi connectivity index (χ2n) is 5.84. The van der Waals surface area contributed by atoms with Crippen LogP contribution < -0.4 is 11.1 Å². The van der Waals surface area contributed by atoms with E-state index in [-0.39, 0.29) is 0 Å². The largest absolute Gasteiger partial charge is 0.370 e. The number of hydrogen-bond acceptors (Lipinski definition) is 2. The summed E-state index contributed by atoms with van der Waals surface area (Å²) in [5, 5.41) is 3.23. The highest BCUT2D eigenvalue weighted by Crippen LogP contribution is 2.10. The summed E-state index contributed by atoms with van der Waals surface area (Å²) in [5.41, 5.74) is 5.90. The van der Waals surface area contributed by atoms with Gasteiger partial charge < -0.3 is 11.1 Å². The molecule has 1 atom stereocenters. The Hall–Kier alpha value is -1.29. The Morgan fingerprint density at radius 1 is 1.20 bits per heavy atom. The predicted octanol–water partition coefficient (Wildman–Crippen LogP) is 2.25. The Morgan fingerprint density at radius 2 is 1.75 bits per heavy atom. The van der Waals surface area contributed by atoms with E-state index >= 15 is 0 Å². The molecule has 0 heterocycles. The van der Waals surface area contributed by atoms with Crippen molar-refractivity contribution in [1.29, 1.82) is 0 Å². The van der Waals surface area contributed by atoms with Crippen molar-refractivity contribution in [3.63, 3.8) is 0 Å². The van der Waals surface area contributed by atoms with Gasteiger partial charge in [0.25, 0.3) is 0 Å². The molecule has 0 aliphatic rings. The Kier molecular flexibility index (Phi) is 9.82. The van der Waals surface area contributed by atoms with Gasteiger partial charge in [0, 0.05) is 32.2 Å². The molecular weight excluding hydrogens is 248 g/mol. The molecule has 0 bridgehead atoms. The SMILES string of the molecule is C=CCN(CC=C)C(CNC(N)=NCC(C)C)C(C)C. The average molecular weight is 280 g/mol. The van der Waals surface area contributed by atoms with Gasteiger partial charge in [-0.25, -0.2) is 0 Å². The van der Waals surface area contributed by atoms with E-state index in [1.54, 1.807) is 0 Å². The number of rotatable bonds is 10. The van der Waals surface area contributed by atoms with Gasteiger partial charge >= 0.3 is 0 Å². The summed E-state index contributed by atoms with van der Waals surface area (Å²) < 4.78 is 0. The first-order chi connectivity index (χ1) is 9.42. The van der Waals surface area contributed by atoms with Crippen LogP contribution in [-0.4, -0.2) is 43.1 Å². The Bertz CT molecular complexity index is 298. The summed E-state index contributed by atoms with van der Waals surface area (Å²) in [7, 11) is 0. The van der Waals surface area contributed by atoms with Gasteiger partial charge in [0.1, 0.15) is 0 Å². The summed E-state index contributed by atoms with van der Waals surface area (Å²) in [6.07, 6.45) is 3.85. The van der Waals surface area contributed by atoms with Gasteiger partial charge in [-0.1, -0.05) is 39.8 Å². The van der Waals surface area contributed by atoms with E-state index in [0.717, 1.165) is 26.2 Å². The smallest absolute Gasteiger partial charge is 0.188 e. The van der Waals surface area contributed by atoms with Gasteiger partial charge in [-0.05, 0) is 11.8 Å². The van der Waals surface area contributed by atoms with Crippen molar-refractivity contribution in [2.75, 3.05) is 26.2 Å². The molecule has 0 aromatic heterocycles. The summed E-state index contributed by atoms with van der Waals surface area (Å²) in [4.78, 5) is 6.67. The molecule has 0 aromatic rings. The molecule has 1 unspecified atom stereocenters. The first-order valence-corrected chi connectivity index (χ1v) is 7.41. The lowest BCUT2D eigenvalue weighted by molar-refractivity contribution is 0.190. The molecule has 0 fully saturated rings. The molecule has 0 saturated carbocycles. The fourth-order valence-electron chi connectivity index (χ4n) is 2.01. The van der Waals surface area contributed by atoms with E-state index < -0.39 is 0 Å². The average Bonchev–Trinajstić information content (AvgIpc) is 2.36.